The van der Waals surface area contributed by atoms with Crippen LogP contribution >= 0.6 is 11.3 Å². The highest BCUT2D eigenvalue weighted by molar-refractivity contribution is 7.10. The highest BCUT2D eigenvalue weighted by atomic mass is 32.1. The summed E-state index contributed by atoms with van der Waals surface area (Å²) in [6.45, 7) is 7.06. The summed E-state index contributed by atoms with van der Waals surface area (Å²) in [5.74, 6) is 0.759. The van der Waals surface area contributed by atoms with E-state index in [9.17, 15) is 5.11 Å². The Balaban J connectivity index is 2.18. The Morgan fingerprint density at radius 3 is 2.67 bits per heavy atom. The first-order valence-electron chi connectivity index (χ1n) is 6.94. The lowest BCUT2D eigenvalue weighted by atomic mass is 9.75. The number of aliphatic hydroxyl groups is 1. The van der Waals surface area contributed by atoms with Gasteiger partial charge in [-0.3, -0.25) is 0 Å². The van der Waals surface area contributed by atoms with E-state index in [1.807, 2.05) is 6.92 Å². The summed E-state index contributed by atoms with van der Waals surface area (Å²) in [6.07, 6.45) is 3.77. The number of hydrogen-bond donors (Lipinski definition) is 1. The Morgan fingerprint density at radius 1 is 1.50 bits per heavy atom. The molecule has 1 heterocycles. The fourth-order valence-electron chi connectivity index (χ4n) is 2.95. The maximum Gasteiger partial charge on any atom is 0.109 e. The average molecular weight is 268 g/mol. The number of hydrogen-bond acceptors (Lipinski definition) is 3. The zero-order valence-corrected chi connectivity index (χ0v) is 12.4. The van der Waals surface area contributed by atoms with Crippen molar-refractivity contribution in [1.29, 1.82) is 0 Å². The minimum Gasteiger partial charge on any atom is -0.385 e. The van der Waals surface area contributed by atoms with E-state index < -0.39 is 6.10 Å². The van der Waals surface area contributed by atoms with E-state index in [0.29, 0.717) is 6.61 Å². The van der Waals surface area contributed by atoms with Gasteiger partial charge in [0.1, 0.15) is 6.10 Å². The minimum absolute atomic E-state index is 0.352. The third-order valence-corrected chi connectivity index (χ3v) is 5.00. The number of aryl methyl sites for hydroxylation is 1. The van der Waals surface area contributed by atoms with Crippen LogP contribution in [0.5, 0.6) is 0 Å². The fourth-order valence-corrected chi connectivity index (χ4v) is 3.67. The molecule has 102 valence electrons. The van der Waals surface area contributed by atoms with E-state index in [4.69, 9.17) is 4.74 Å². The lowest BCUT2D eigenvalue weighted by Gasteiger charge is -2.42. The molecular formula is C15H24O2S. The van der Waals surface area contributed by atoms with Crippen LogP contribution in [0.1, 0.15) is 56.1 Å². The number of thiophene rings is 1. The van der Waals surface area contributed by atoms with Gasteiger partial charge in [0.25, 0.3) is 0 Å². The van der Waals surface area contributed by atoms with Crippen molar-refractivity contribution < 1.29 is 9.84 Å². The summed E-state index contributed by atoms with van der Waals surface area (Å²) in [7, 11) is 0. The molecule has 18 heavy (non-hydrogen) atoms. The van der Waals surface area contributed by atoms with E-state index in [2.05, 4.69) is 25.3 Å². The molecule has 1 atom stereocenters. The van der Waals surface area contributed by atoms with Gasteiger partial charge in [-0.25, -0.2) is 0 Å². The summed E-state index contributed by atoms with van der Waals surface area (Å²) in [6, 6.07) is 2.09. The molecule has 1 N–H and O–H groups in total. The second-order valence-electron chi connectivity index (χ2n) is 5.57. The average Bonchev–Trinajstić information content (AvgIpc) is 2.78. The molecule has 0 spiro atoms. The first-order chi connectivity index (χ1) is 8.57. The third kappa shape index (κ3) is 2.79. The van der Waals surface area contributed by atoms with Crippen molar-refractivity contribution in [2.75, 3.05) is 6.61 Å². The molecule has 1 aliphatic carbocycles. The molecule has 0 aliphatic heterocycles. The minimum atomic E-state index is -0.477. The normalized spacial score (nSPS) is 30.3. The maximum absolute atomic E-state index is 10.7. The van der Waals surface area contributed by atoms with Crippen molar-refractivity contribution >= 4 is 11.3 Å². The van der Waals surface area contributed by atoms with Gasteiger partial charge in [-0.2, -0.15) is 0 Å². The van der Waals surface area contributed by atoms with Crippen LogP contribution in [0.3, 0.4) is 0 Å². The first-order valence-corrected chi connectivity index (χ1v) is 7.82. The van der Waals surface area contributed by atoms with Gasteiger partial charge in [0, 0.05) is 11.5 Å². The van der Waals surface area contributed by atoms with E-state index in [0.717, 1.165) is 37.2 Å². The second kappa shape index (κ2) is 5.72. The molecule has 1 aromatic heterocycles. The Kier molecular flexibility index (Phi) is 4.46. The van der Waals surface area contributed by atoms with Crippen LogP contribution in [0.4, 0.5) is 0 Å². The molecule has 1 aliphatic rings. The quantitative estimate of drug-likeness (QED) is 0.891. The zero-order chi connectivity index (χ0) is 13.2. The highest BCUT2D eigenvalue weighted by Gasteiger charge is 2.42. The maximum atomic E-state index is 10.7. The highest BCUT2D eigenvalue weighted by Crippen LogP contribution is 2.43. The SMILES string of the molecule is CCOC1(C(O)c2csc(C)c2)CCC(C)CC1. The van der Waals surface area contributed by atoms with E-state index in [1.165, 1.54) is 4.88 Å². The van der Waals surface area contributed by atoms with Crippen molar-refractivity contribution in [2.45, 2.75) is 58.2 Å². The first kappa shape index (κ1) is 14.0. The molecule has 0 saturated heterocycles. The van der Waals surface area contributed by atoms with Gasteiger partial charge >= 0.3 is 0 Å². The molecule has 2 rings (SSSR count). The second-order valence-corrected chi connectivity index (χ2v) is 6.69. The van der Waals surface area contributed by atoms with Crippen molar-refractivity contribution in [3.63, 3.8) is 0 Å². The van der Waals surface area contributed by atoms with Gasteiger partial charge in [0.05, 0.1) is 5.60 Å². The molecule has 0 radical (unpaired) electrons. The summed E-state index contributed by atoms with van der Waals surface area (Å²) >= 11 is 1.70. The third-order valence-electron chi connectivity index (χ3n) is 4.12. The molecule has 1 fully saturated rings. The molecular weight excluding hydrogens is 244 g/mol. The number of aliphatic hydroxyl groups excluding tert-OH is 1. The lowest BCUT2D eigenvalue weighted by Crippen LogP contribution is -2.42. The molecule has 1 unspecified atom stereocenters. The lowest BCUT2D eigenvalue weighted by molar-refractivity contribution is -0.146. The smallest absolute Gasteiger partial charge is 0.109 e. The number of rotatable bonds is 4. The van der Waals surface area contributed by atoms with Crippen LogP contribution in [0.2, 0.25) is 0 Å². The fraction of sp³-hybridized carbons (Fsp3) is 0.733. The van der Waals surface area contributed by atoms with Crippen LogP contribution in [0.25, 0.3) is 0 Å². The molecule has 1 aromatic rings. The van der Waals surface area contributed by atoms with Crippen molar-refractivity contribution in [3.8, 4) is 0 Å². The predicted octanol–water partition coefficient (Wildman–Crippen LogP) is 4.08. The summed E-state index contributed by atoms with van der Waals surface area (Å²) in [4.78, 5) is 1.25. The van der Waals surface area contributed by atoms with E-state index >= 15 is 0 Å². The van der Waals surface area contributed by atoms with Gasteiger partial charge < -0.3 is 9.84 Å². The Bertz CT molecular complexity index is 378. The Morgan fingerprint density at radius 2 is 2.17 bits per heavy atom. The Hall–Kier alpha value is -0.380. The van der Waals surface area contributed by atoms with Gasteiger partial charge in [-0.15, -0.1) is 11.3 Å². The topological polar surface area (TPSA) is 29.5 Å². The molecule has 0 bridgehead atoms. The largest absolute Gasteiger partial charge is 0.385 e. The van der Waals surface area contributed by atoms with Gasteiger partial charge in [0.2, 0.25) is 0 Å². The van der Waals surface area contributed by atoms with Crippen LogP contribution in [0.15, 0.2) is 11.4 Å². The van der Waals surface area contributed by atoms with Crippen molar-refractivity contribution in [1.82, 2.24) is 0 Å². The molecule has 3 heteroatoms. The molecule has 2 nitrogen and oxygen atoms in total. The predicted molar refractivity (Wildman–Crippen MR) is 76.0 cm³/mol. The number of ether oxygens (including phenoxy) is 1. The van der Waals surface area contributed by atoms with Gasteiger partial charge in [-0.05, 0) is 62.5 Å². The van der Waals surface area contributed by atoms with Crippen molar-refractivity contribution in [2.24, 2.45) is 5.92 Å². The molecule has 1 saturated carbocycles. The molecule has 0 amide bonds. The van der Waals surface area contributed by atoms with E-state index in [-0.39, 0.29) is 5.60 Å². The van der Waals surface area contributed by atoms with Crippen LogP contribution in [0, 0.1) is 12.8 Å². The van der Waals surface area contributed by atoms with Crippen LogP contribution in [-0.4, -0.2) is 17.3 Å². The van der Waals surface area contributed by atoms with Crippen LogP contribution < -0.4 is 0 Å². The summed E-state index contributed by atoms with van der Waals surface area (Å²) < 4.78 is 6.00. The Labute approximate surface area is 114 Å². The zero-order valence-electron chi connectivity index (χ0n) is 11.6. The monoisotopic (exact) mass is 268 g/mol. The van der Waals surface area contributed by atoms with Gasteiger partial charge in [-0.1, -0.05) is 6.92 Å². The summed E-state index contributed by atoms with van der Waals surface area (Å²) in [5, 5.41) is 12.8. The van der Waals surface area contributed by atoms with E-state index in [1.54, 1.807) is 11.3 Å². The van der Waals surface area contributed by atoms with Crippen LogP contribution in [-0.2, 0) is 4.74 Å². The molecule has 0 aromatic carbocycles. The summed E-state index contributed by atoms with van der Waals surface area (Å²) in [5.41, 5.74) is 0.676. The van der Waals surface area contributed by atoms with Gasteiger partial charge in [0.15, 0.2) is 0 Å². The van der Waals surface area contributed by atoms with Crippen molar-refractivity contribution in [3.05, 3.63) is 21.9 Å². The standard InChI is InChI=1S/C15H24O2S/c1-4-17-15(7-5-11(2)6-8-15)14(16)13-9-12(3)18-10-13/h9-11,14,16H,4-8H2,1-3H3.